The average Bonchev–Trinajstić information content (AvgIpc) is 1.64. The Morgan fingerprint density at radius 3 is 1.15 bits per heavy atom. The van der Waals surface area contributed by atoms with E-state index in [1.165, 1.54) is 28.1 Å². The van der Waals surface area contributed by atoms with E-state index in [4.69, 9.17) is 42.6 Å². The Kier molecular flexibility index (Phi) is 47.7. The number of hydrogen-bond acceptors (Lipinski definition) is 29. The number of ether oxygens (including phenoxy) is 9. The molecular formula is C102H154N8O26. The van der Waals surface area contributed by atoms with Gasteiger partial charge in [-0.1, -0.05) is 101 Å². The van der Waals surface area contributed by atoms with Crippen LogP contribution in [-0.2, 0) is 92.4 Å². The van der Waals surface area contributed by atoms with Crippen molar-refractivity contribution in [2.45, 2.75) is 258 Å². The molecule has 136 heavy (non-hydrogen) atoms. The molecular weight excluding hydrogens is 1750 g/mol. The molecule has 5 amide bonds. The average molecular weight is 1910 g/mol. The SMILES string of the molecule is C.C.C.C.COc1ccc(C(O)C(CC(=O)C(NC(=O)CN2CCOCC2)C(C)O)C(=O)NC(CC2=CCCCC2)C(=O)C2(C)CO2)cc1.COc1ccc(C(O)C(NC(=O)C(CO)CC(=O)CN2CCOCC2)C(=O)CC(CC2=CCCC2)C(=O)C2(C)CO2)cc1.COc1ccc(CC(CC(=O)C(NC(=O)CN2CCOCC2)C(C)O)C(=O)NC(CC2=CCCCC2)C(=O)C2(C)CO2)cc1. The number of carbonyl (C=O) groups excluding carboxylic acids is 12. The minimum Gasteiger partial charge on any atom is -0.497 e. The van der Waals surface area contributed by atoms with Gasteiger partial charge in [-0.3, -0.25) is 72.2 Å². The van der Waals surface area contributed by atoms with Crippen LogP contribution in [0.5, 0.6) is 17.2 Å². The first-order valence-corrected chi connectivity index (χ1v) is 46.5. The smallest absolute Gasteiger partial charge is 0.234 e. The van der Waals surface area contributed by atoms with Crippen LogP contribution in [0.4, 0.5) is 0 Å². The summed E-state index contributed by atoms with van der Waals surface area (Å²) in [5.74, 6) is -7.29. The van der Waals surface area contributed by atoms with Gasteiger partial charge in [-0.15, -0.1) is 0 Å². The zero-order chi connectivity index (χ0) is 95.2. The molecule has 3 aromatic carbocycles. The lowest BCUT2D eigenvalue weighted by Gasteiger charge is -2.29. The summed E-state index contributed by atoms with van der Waals surface area (Å²) in [7, 11) is 4.58. The van der Waals surface area contributed by atoms with Gasteiger partial charge in [-0.25, -0.2) is 0 Å². The Bertz CT molecular complexity index is 4470. The van der Waals surface area contributed by atoms with E-state index < -0.39 is 149 Å². The van der Waals surface area contributed by atoms with Gasteiger partial charge in [0.25, 0.3) is 0 Å². The monoisotopic (exact) mass is 1910 g/mol. The number of aliphatic hydroxyl groups is 5. The Hall–Kier alpha value is -9.24. The molecule has 6 saturated heterocycles. The highest BCUT2D eigenvalue weighted by atomic mass is 16.6. The van der Waals surface area contributed by atoms with Crippen LogP contribution in [0.2, 0.25) is 0 Å². The van der Waals surface area contributed by atoms with E-state index in [0.29, 0.717) is 140 Å². The number of methoxy groups -OCH3 is 3. The molecule has 0 aromatic heterocycles. The molecule has 0 radical (unpaired) electrons. The summed E-state index contributed by atoms with van der Waals surface area (Å²) in [5.41, 5.74) is 2.02. The summed E-state index contributed by atoms with van der Waals surface area (Å²) in [5, 5.41) is 67.6. The zero-order valence-electron chi connectivity index (χ0n) is 77.7. The summed E-state index contributed by atoms with van der Waals surface area (Å²) in [6, 6.07) is 14.5. The van der Waals surface area contributed by atoms with E-state index in [-0.39, 0.29) is 111 Å². The Balaban J connectivity index is 0.000000309. The number of Topliss-reactive ketones (excluding diaryl/α,β-unsaturated/α-hetero) is 7. The van der Waals surface area contributed by atoms with Gasteiger partial charge in [0.15, 0.2) is 34.7 Å². The summed E-state index contributed by atoms with van der Waals surface area (Å²) in [6.45, 7) is 15.1. The molecule has 0 saturated carbocycles. The maximum atomic E-state index is 14.0. The molecule has 16 unspecified atom stereocenters. The minimum absolute atomic E-state index is 0. The third kappa shape index (κ3) is 35.3. The van der Waals surface area contributed by atoms with Gasteiger partial charge in [0.2, 0.25) is 29.5 Å². The normalized spacial score (nSPS) is 22.5. The largest absolute Gasteiger partial charge is 0.497 e. The molecule has 10 N–H and O–H groups in total. The van der Waals surface area contributed by atoms with Crippen molar-refractivity contribution in [3.8, 4) is 17.2 Å². The first kappa shape index (κ1) is 115. The highest BCUT2D eigenvalue weighted by Crippen LogP contribution is 2.39. The van der Waals surface area contributed by atoms with Crippen molar-refractivity contribution >= 4 is 70.0 Å². The van der Waals surface area contributed by atoms with Gasteiger partial charge < -0.3 is 94.7 Å². The lowest BCUT2D eigenvalue weighted by Crippen LogP contribution is -2.53. The summed E-state index contributed by atoms with van der Waals surface area (Å²) in [6.07, 6.45) is 11.8. The number of ketones is 7. The van der Waals surface area contributed by atoms with Crippen LogP contribution in [0.15, 0.2) is 108 Å². The van der Waals surface area contributed by atoms with Crippen molar-refractivity contribution in [3.63, 3.8) is 0 Å². The van der Waals surface area contributed by atoms with Crippen molar-refractivity contribution in [2.24, 2.45) is 23.7 Å². The molecule has 3 aromatic rings. The van der Waals surface area contributed by atoms with E-state index >= 15 is 0 Å². The fraction of sp³-hybridized carbons (Fsp3) is 0.647. The van der Waals surface area contributed by atoms with Crippen LogP contribution in [0.25, 0.3) is 0 Å². The van der Waals surface area contributed by atoms with E-state index in [0.717, 1.165) is 92.9 Å². The molecule has 3 aliphatic carbocycles. The lowest BCUT2D eigenvalue weighted by molar-refractivity contribution is -0.138. The first-order chi connectivity index (χ1) is 63.2. The van der Waals surface area contributed by atoms with Crippen molar-refractivity contribution in [1.82, 2.24) is 41.3 Å². The number of morpholine rings is 3. The van der Waals surface area contributed by atoms with E-state index in [1.807, 2.05) is 26.8 Å². The Morgan fingerprint density at radius 2 is 0.757 bits per heavy atom. The molecule has 0 bridgehead atoms. The number of benzene rings is 3. The second-order valence-corrected chi connectivity index (χ2v) is 36.7. The number of nitrogens with zero attached hydrogens (tertiary/aromatic N) is 3. The maximum Gasteiger partial charge on any atom is 0.234 e. The van der Waals surface area contributed by atoms with Crippen LogP contribution >= 0.6 is 0 Å². The molecule has 0 spiro atoms. The molecule has 34 heteroatoms. The van der Waals surface area contributed by atoms with Crippen LogP contribution in [-0.4, -0.2) is 316 Å². The van der Waals surface area contributed by atoms with Crippen LogP contribution in [0, 0.1) is 23.7 Å². The van der Waals surface area contributed by atoms with Crippen LogP contribution in [0.3, 0.4) is 0 Å². The first-order valence-electron chi connectivity index (χ1n) is 46.5. The highest BCUT2D eigenvalue weighted by Gasteiger charge is 2.54. The van der Waals surface area contributed by atoms with Crippen LogP contribution in [0.1, 0.15) is 209 Å². The fourth-order valence-electron chi connectivity index (χ4n) is 17.4. The maximum absolute atomic E-state index is 14.0. The van der Waals surface area contributed by atoms with Crippen molar-refractivity contribution in [3.05, 3.63) is 124 Å². The lowest BCUT2D eigenvalue weighted by atomic mass is 9.82. The van der Waals surface area contributed by atoms with E-state index in [9.17, 15) is 83.1 Å². The topological polar surface area (TPSA) is 469 Å². The van der Waals surface area contributed by atoms with Gasteiger partial charge in [-0.2, -0.15) is 0 Å². The van der Waals surface area contributed by atoms with Crippen molar-refractivity contribution in [2.75, 3.05) is 146 Å². The molecule has 6 heterocycles. The molecule has 6 aliphatic heterocycles. The molecule has 6 fully saturated rings. The standard InChI is InChI=1S/C33H47N3O9.C33H47N3O8.C32H44N2O9.4CH4/c1-21(37)29(35-28(39)19-36-13-15-44-16-14-36)27(38)18-25(30(40)23-9-11-24(43-3)12-10-23)32(42)34-26(31(41)33(2)20-45-33)17-22-7-5-4-6-8-22;1-22(37)30(35-29(39)20-36-13-15-43-16-14-36)28(38)19-25(17-24-9-11-26(42-3)12-10-24)32(41)34-27(31(40)33(2)21-44-33)18-23-7-5-4-6-8-23;1-32(20-43-32)30(39)23(15-21-5-3-4-6-21)17-27(37)28(29(38)22-7-9-26(41-2)10-8-22)33-31(40)24(19-35)16-25(36)18-34-11-13-42-14-12-34;;;;/h7,9-12,21,25-26,29-30,37,40H,4-6,8,13-20H2,1-3H3,(H,34,42)(H,35,39);7,9-12,22,25,27,30,37H,4-6,8,13-21H2,1-3H3,(H,34,41)(H,35,39);5,7-10,23-24,28-29,35,38H,3-4,6,11-20H2,1-2H3,(H,33,40);4*1H4. The van der Waals surface area contributed by atoms with Crippen molar-refractivity contribution in [1.29, 1.82) is 0 Å². The highest BCUT2D eigenvalue weighted by molar-refractivity contribution is 6.01. The van der Waals surface area contributed by atoms with Gasteiger partial charge in [0, 0.05) is 76.8 Å². The summed E-state index contributed by atoms with van der Waals surface area (Å²) >= 11 is 0. The summed E-state index contributed by atoms with van der Waals surface area (Å²) in [4.78, 5) is 167. The Morgan fingerprint density at radius 1 is 0.397 bits per heavy atom. The number of hydrogen-bond donors (Lipinski definition) is 10. The third-order valence-electron chi connectivity index (χ3n) is 26.0. The van der Waals surface area contributed by atoms with Gasteiger partial charge in [0.1, 0.15) is 64.1 Å². The predicted octanol–water partition coefficient (Wildman–Crippen LogP) is 7.07. The number of nitrogens with one attached hydrogen (secondary N) is 5. The number of amides is 5. The predicted molar refractivity (Wildman–Crippen MR) is 511 cm³/mol. The fourth-order valence-corrected chi connectivity index (χ4v) is 17.4. The molecule has 16 atom stereocenters. The number of aliphatic hydroxyl groups excluding tert-OH is 5. The molecule has 9 aliphatic rings. The minimum atomic E-state index is -1.44. The van der Waals surface area contributed by atoms with Gasteiger partial charge in [-0.05, 0) is 184 Å². The number of carbonyl (C=O) groups is 12. The van der Waals surface area contributed by atoms with Gasteiger partial charge >= 0.3 is 0 Å². The van der Waals surface area contributed by atoms with E-state index in [2.05, 4.69) is 44.8 Å². The van der Waals surface area contributed by atoms with Gasteiger partial charge in [0.05, 0.1) is 149 Å². The molecule has 12 rings (SSSR count). The van der Waals surface area contributed by atoms with Crippen molar-refractivity contribution < 1.29 is 126 Å². The second kappa shape index (κ2) is 56.1. The molecule has 34 nitrogen and oxygen atoms in total. The zero-order valence-corrected chi connectivity index (χ0v) is 77.7. The number of allylic oxidation sites excluding steroid dienone is 4. The van der Waals surface area contributed by atoms with E-state index in [1.54, 1.807) is 88.5 Å². The van der Waals surface area contributed by atoms with Crippen LogP contribution < -0.4 is 40.8 Å². The summed E-state index contributed by atoms with van der Waals surface area (Å²) < 4.78 is 47.9. The number of epoxide rings is 3. The molecule has 758 valence electrons. The number of rotatable bonds is 49. The quantitative estimate of drug-likeness (QED) is 0.0199. The third-order valence-corrected chi connectivity index (χ3v) is 26.0. The Labute approximate surface area is 802 Å². The second-order valence-electron chi connectivity index (χ2n) is 36.7.